The predicted molar refractivity (Wildman–Crippen MR) is 123 cm³/mol. The van der Waals surface area contributed by atoms with E-state index in [2.05, 4.69) is 5.32 Å². The van der Waals surface area contributed by atoms with Gasteiger partial charge in [-0.25, -0.2) is 9.59 Å². The average Bonchev–Trinajstić information content (AvgIpc) is 2.97. The van der Waals surface area contributed by atoms with Crippen LogP contribution in [0.1, 0.15) is 81.6 Å². The Morgan fingerprint density at radius 1 is 1.12 bits per heavy atom. The summed E-state index contributed by atoms with van der Waals surface area (Å²) >= 11 is 0. The fraction of sp³-hybridized carbons (Fsp3) is 0.792. The number of hydrogen-bond acceptors (Lipinski definition) is 6. The van der Waals surface area contributed by atoms with Crippen LogP contribution in [0.5, 0.6) is 0 Å². The van der Waals surface area contributed by atoms with Crippen molar-refractivity contribution >= 4 is 18.0 Å². The van der Waals surface area contributed by atoms with Gasteiger partial charge < -0.3 is 19.5 Å². The Hall–Kier alpha value is -2.09. The molecule has 0 aromatic rings. The number of likely N-dealkylation sites (tertiary alicyclic amines) is 1. The van der Waals surface area contributed by atoms with Gasteiger partial charge in [-0.15, -0.1) is 0 Å². The smallest absolute Gasteiger partial charge is 0.411 e. The van der Waals surface area contributed by atoms with Crippen LogP contribution in [0.15, 0.2) is 12.2 Å². The third-order valence-corrected chi connectivity index (χ3v) is 5.18. The predicted octanol–water partition coefficient (Wildman–Crippen LogP) is 4.18. The zero-order valence-corrected chi connectivity index (χ0v) is 21.2. The summed E-state index contributed by atoms with van der Waals surface area (Å²) in [7, 11) is 0. The summed E-state index contributed by atoms with van der Waals surface area (Å²) < 4.78 is 17.4. The van der Waals surface area contributed by atoms with Crippen LogP contribution in [-0.4, -0.2) is 59.0 Å². The molecular formula is C24H42N2O6. The number of nitrogens with one attached hydrogen (secondary N) is 1. The van der Waals surface area contributed by atoms with E-state index in [-0.39, 0.29) is 31.1 Å². The number of carbonyl (C=O) groups is 3. The zero-order valence-electron chi connectivity index (χ0n) is 21.2. The minimum Gasteiger partial charge on any atom is -0.458 e. The van der Waals surface area contributed by atoms with E-state index in [4.69, 9.17) is 14.2 Å². The molecule has 1 aliphatic rings. The Morgan fingerprint density at radius 2 is 1.72 bits per heavy atom. The van der Waals surface area contributed by atoms with Crippen molar-refractivity contribution in [1.29, 1.82) is 0 Å². The number of amides is 2. The van der Waals surface area contributed by atoms with Crippen molar-refractivity contribution in [3.63, 3.8) is 0 Å². The number of hydrogen-bond donors (Lipinski definition) is 1. The Morgan fingerprint density at radius 3 is 2.19 bits per heavy atom. The maximum Gasteiger partial charge on any atom is 0.411 e. The van der Waals surface area contributed by atoms with E-state index < -0.39 is 28.8 Å². The minimum atomic E-state index is -1.28. The number of ether oxygens (including phenoxy) is 3. The van der Waals surface area contributed by atoms with Crippen molar-refractivity contribution in [3.05, 3.63) is 12.2 Å². The van der Waals surface area contributed by atoms with Crippen molar-refractivity contribution in [2.24, 2.45) is 5.92 Å². The molecule has 1 N–H and O–H groups in total. The van der Waals surface area contributed by atoms with Crippen molar-refractivity contribution in [1.82, 2.24) is 10.2 Å². The number of nitrogens with zero attached hydrogens (tertiary/aromatic N) is 1. The molecule has 1 aliphatic heterocycles. The van der Waals surface area contributed by atoms with E-state index in [1.807, 2.05) is 26.0 Å². The lowest BCUT2D eigenvalue weighted by Gasteiger charge is -2.42. The molecule has 2 amide bonds. The minimum absolute atomic E-state index is 0.0267. The van der Waals surface area contributed by atoms with Gasteiger partial charge in [-0.2, -0.15) is 0 Å². The molecule has 3 unspecified atom stereocenters. The van der Waals surface area contributed by atoms with Crippen LogP contribution < -0.4 is 5.32 Å². The third kappa shape index (κ3) is 7.80. The molecule has 0 radical (unpaired) electrons. The van der Waals surface area contributed by atoms with E-state index in [0.717, 1.165) is 0 Å². The van der Waals surface area contributed by atoms with E-state index in [1.54, 1.807) is 41.5 Å². The molecule has 0 bridgehead atoms. The molecule has 32 heavy (non-hydrogen) atoms. The van der Waals surface area contributed by atoms with E-state index in [0.29, 0.717) is 19.4 Å². The molecule has 1 rings (SSSR count). The Labute approximate surface area is 193 Å². The van der Waals surface area contributed by atoms with Gasteiger partial charge >= 0.3 is 12.1 Å². The Bertz CT molecular complexity index is 692. The van der Waals surface area contributed by atoms with Crippen LogP contribution in [0.3, 0.4) is 0 Å². The fourth-order valence-corrected chi connectivity index (χ4v) is 3.87. The zero-order chi connectivity index (χ0) is 24.7. The first kappa shape index (κ1) is 27.9. The van der Waals surface area contributed by atoms with Crippen LogP contribution in [-0.2, 0) is 23.8 Å². The third-order valence-electron chi connectivity index (χ3n) is 5.18. The standard InChI is InChI=1S/C24H42N2O6/c1-10-12-18-13-14-26(21(29)32-23(7,8)9)24(18,20(28)31-22(4,5)6)15-19(11-2)30-16-25-17(3)27/h10,12,18-19H,11,13-16H2,1-9H3,(H,25,27). The van der Waals surface area contributed by atoms with E-state index >= 15 is 0 Å². The number of allylic oxidation sites excluding steroid dienone is 1. The molecule has 8 nitrogen and oxygen atoms in total. The molecule has 0 spiro atoms. The first-order valence-electron chi connectivity index (χ1n) is 11.4. The molecule has 0 saturated carbocycles. The summed E-state index contributed by atoms with van der Waals surface area (Å²) in [5.74, 6) is -0.934. The molecular weight excluding hydrogens is 412 g/mol. The molecule has 0 aromatic heterocycles. The molecule has 0 aliphatic carbocycles. The number of esters is 1. The molecule has 184 valence electrons. The van der Waals surface area contributed by atoms with Gasteiger partial charge in [-0.1, -0.05) is 19.1 Å². The number of rotatable bonds is 8. The Balaban J connectivity index is 3.45. The van der Waals surface area contributed by atoms with E-state index in [9.17, 15) is 14.4 Å². The van der Waals surface area contributed by atoms with Crippen molar-refractivity contribution in [2.45, 2.75) is 104 Å². The van der Waals surface area contributed by atoms with Gasteiger partial charge in [0, 0.05) is 25.8 Å². The maximum absolute atomic E-state index is 13.8. The summed E-state index contributed by atoms with van der Waals surface area (Å²) in [6.07, 6.45) is 4.33. The highest BCUT2D eigenvalue weighted by Gasteiger charge is 2.58. The number of carbonyl (C=O) groups excluding carboxylic acids is 3. The van der Waals surface area contributed by atoms with Crippen molar-refractivity contribution in [2.75, 3.05) is 13.3 Å². The maximum atomic E-state index is 13.8. The topological polar surface area (TPSA) is 94.2 Å². The summed E-state index contributed by atoms with van der Waals surface area (Å²) in [5, 5.41) is 2.62. The second-order valence-corrected chi connectivity index (χ2v) is 10.3. The lowest BCUT2D eigenvalue weighted by Crippen LogP contribution is -2.60. The van der Waals surface area contributed by atoms with Crippen LogP contribution in [0.25, 0.3) is 0 Å². The Kier molecular flexibility index (Phi) is 9.75. The van der Waals surface area contributed by atoms with Gasteiger partial charge in [-0.3, -0.25) is 9.69 Å². The second-order valence-electron chi connectivity index (χ2n) is 10.3. The lowest BCUT2D eigenvalue weighted by molar-refractivity contribution is -0.172. The highest BCUT2D eigenvalue weighted by atomic mass is 16.6. The van der Waals surface area contributed by atoms with Gasteiger partial charge in [-0.05, 0) is 61.3 Å². The highest BCUT2D eigenvalue weighted by Crippen LogP contribution is 2.43. The molecule has 1 saturated heterocycles. The quantitative estimate of drug-likeness (QED) is 0.336. The fourth-order valence-electron chi connectivity index (χ4n) is 3.87. The summed E-state index contributed by atoms with van der Waals surface area (Å²) in [5.41, 5.74) is -2.72. The van der Waals surface area contributed by atoms with Crippen LogP contribution >= 0.6 is 0 Å². The summed E-state index contributed by atoms with van der Waals surface area (Å²) in [6.45, 7) is 16.4. The summed E-state index contributed by atoms with van der Waals surface area (Å²) in [4.78, 5) is 39.8. The van der Waals surface area contributed by atoms with E-state index in [1.165, 1.54) is 11.8 Å². The second kappa shape index (κ2) is 11.2. The van der Waals surface area contributed by atoms with Crippen molar-refractivity contribution in [3.8, 4) is 0 Å². The molecule has 1 fully saturated rings. The average molecular weight is 455 g/mol. The summed E-state index contributed by atoms with van der Waals surface area (Å²) in [6, 6.07) is 0. The lowest BCUT2D eigenvalue weighted by atomic mass is 9.79. The van der Waals surface area contributed by atoms with Gasteiger partial charge in [0.1, 0.15) is 17.9 Å². The molecule has 8 heteroatoms. The van der Waals surface area contributed by atoms with Crippen molar-refractivity contribution < 1.29 is 28.6 Å². The monoisotopic (exact) mass is 454 g/mol. The first-order valence-corrected chi connectivity index (χ1v) is 11.4. The molecule has 3 atom stereocenters. The van der Waals surface area contributed by atoms with Crippen LogP contribution in [0.2, 0.25) is 0 Å². The van der Waals surface area contributed by atoms with Gasteiger partial charge in [0.25, 0.3) is 0 Å². The van der Waals surface area contributed by atoms with Crippen LogP contribution in [0.4, 0.5) is 4.79 Å². The first-order chi connectivity index (χ1) is 14.7. The molecule has 1 heterocycles. The van der Waals surface area contributed by atoms with Crippen LogP contribution in [0, 0.1) is 5.92 Å². The largest absolute Gasteiger partial charge is 0.458 e. The van der Waals surface area contributed by atoms with Gasteiger partial charge in [0.2, 0.25) is 5.91 Å². The highest BCUT2D eigenvalue weighted by molar-refractivity contribution is 5.88. The normalized spacial score (nSPS) is 22.7. The van der Waals surface area contributed by atoms with Gasteiger partial charge in [0.15, 0.2) is 5.54 Å². The molecule has 0 aromatic carbocycles. The van der Waals surface area contributed by atoms with Gasteiger partial charge in [0.05, 0.1) is 6.10 Å². The SMILES string of the molecule is CC=CC1CCN(C(=O)OC(C)(C)C)C1(CC(CC)OCNC(C)=O)C(=O)OC(C)(C)C.